The first-order chi connectivity index (χ1) is 11.9. The summed E-state index contributed by atoms with van der Waals surface area (Å²) in [6.45, 7) is 2.00. The van der Waals surface area contributed by atoms with Gasteiger partial charge in [0, 0.05) is 19.8 Å². The normalized spacial score (nSPS) is 10.8. The second-order valence-electron chi connectivity index (χ2n) is 5.74. The van der Waals surface area contributed by atoms with E-state index in [4.69, 9.17) is 0 Å². The summed E-state index contributed by atoms with van der Waals surface area (Å²) in [4.78, 5) is 41.0. The third-order valence-electron chi connectivity index (χ3n) is 4.18. The average Bonchev–Trinajstić information content (AvgIpc) is 2.64. The molecule has 1 N–H and O–H groups in total. The number of hydrogen-bond donors (Lipinski definition) is 1. The zero-order chi connectivity index (χ0) is 18.1. The number of rotatable bonds is 3. The maximum absolute atomic E-state index is 12.5. The molecule has 0 unspecified atom stereocenters. The molecule has 0 atom stereocenters. The summed E-state index contributed by atoms with van der Waals surface area (Å²) in [5.74, 6) is -0.393. The van der Waals surface area contributed by atoms with Crippen molar-refractivity contribution in [2.24, 2.45) is 14.1 Å². The highest BCUT2D eigenvalue weighted by Crippen LogP contribution is 2.16. The van der Waals surface area contributed by atoms with Gasteiger partial charge in [0.25, 0.3) is 11.5 Å². The summed E-state index contributed by atoms with van der Waals surface area (Å²) in [7, 11) is 2.93. The van der Waals surface area contributed by atoms with Crippen molar-refractivity contribution in [3.63, 3.8) is 0 Å². The van der Waals surface area contributed by atoms with Crippen LogP contribution in [0.5, 0.6) is 0 Å². The Morgan fingerprint density at radius 2 is 1.80 bits per heavy atom. The van der Waals surface area contributed by atoms with E-state index in [9.17, 15) is 14.4 Å². The standard InChI is InChI=1S/C18H18N4O3/c1-4-11-7-5-6-8-13(11)20-16(23)14-10-9-12-15(19-14)21(2)18(25)22(3)17(12)24/h5-10H,4H2,1-3H3,(H,20,23). The van der Waals surface area contributed by atoms with E-state index in [0.717, 1.165) is 22.2 Å². The van der Waals surface area contributed by atoms with Crippen LogP contribution in [0.4, 0.5) is 5.69 Å². The number of nitrogens with zero attached hydrogens (tertiary/aromatic N) is 3. The molecule has 0 radical (unpaired) electrons. The minimum Gasteiger partial charge on any atom is -0.320 e. The Balaban J connectivity index is 2.06. The molecule has 0 aliphatic rings. The van der Waals surface area contributed by atoms with E-state index in [1.165, 1.54) is 30.8 Å². The number of aryl methyl sites for hydroxylation is 2. The molecule has 0 bridgehead atoms. The lowest BCUT2D eigenvalue weighted by Crippen LogP contribution is -2.37. The Morgan fingerprint density at radius 3 is 2.52 bits per heavy atom. The maximum Gasteiger partial charge on any atom is 0.332 e. The molecular weight excluding hydrogens is 320 g/mol. The van der Waals surface area contributed by atoms with Crippen LogP contribution in [0.2, 0.25) is 0 Å². The van der Waals surface area contributed by atoms with Crippen LogP contribution in [0, 0.1) is 0 Å². The fourth-order valence-electron chi connectivity index (χ4n) is 2.72. The zero-order valence-electron chi connectivity index (χ0n) is 14.2. The number of benzene rings is 1. The lowest BCUT2D eigenvalue weighted by atomic mass is 10.1. The van der Waals surface area contributed by atoms with Crippen LogP contribution in [-0.2, 0) is 20.5 Å². The van der Waals surface area contributed by atoms with Gasteiger partial charge in [0.15, 0.2) is 0 Å². The maximum atomic E-state index is 12.5. The number of hydrogen-bond acceptors (Lipinski definition) is 4. The van der Waals surface area contributed by atoms with Crippen LogP contribution in [0.3, 0.4) is 0 Å². The largest absolute Gasteiger partial charge is 0.332 e. The molecule has 0 spiro atoms. The first-order valence-electron chi connectivity index (χ1n) is 7.90. The molecule has 0 aliphatic heterocycles. The number of amides is 1. The van der Waals surface area contributed by atoms with E-state index >= 15 is 0 Å². The number of nitrogens with one attached hydrogen (secondary N) is 1. The van der Waals surface area contributed by atoms with Crippen molar-refractivity contribution in [3.8, 4) is 0 Å². The van der Waals surface area contributed by atoms with Crippen LogP contribution in [-0.4, -0.2) is 20.0 Å². The minimum absolute atomic E-state index is 0.140. The van der Waals surface area contributed by atoms with Gasteiger partial charge in [-0.1, -0.05) is 25.1 Å². The highest BCUT2D eigenvalue weighted by atomic mass is 16.2. The zero-order valence-corrected chi connectivity index (χ0v) is 14.2. The van der Waals surface area contributed by atoms with Crippen molar-refractivity contribution in [2.45, 2.75) is 13.3 Å². The number of aromatic nitrogens is 3. The topological polar surface area (TPSA) is 86.0 Å². The van der Waals surface area contributed by atoms with E-state index in [2.05, 4.69) is 10.3 Å². The molecule has 7 heteroatoms. The minimum atomic E-state index is -0.487. The van der Waals surface area contributed by atoms with Crippen molar-refractivity contribution in [2.75, 3.05) is 5.32 Å². The Labute approximate surface area is 143 Å². The molecule has 0 aliphatic carbocycles. The molecule has 0 saturated heterocycles. The fraction of sp³-hybridized carbons (Fsp3) is 0.222. The monoisotopic (exact) mass is 338 g/mol. The van der Waals surface area contributed by atoms with Gasteiger partial charge in [0.2, 0.25) is 0 Å². The van der Waals surface area contributed by atoms with Gasteiger partial charge in [0.1, 0.15) is 11.3 Å². The highest BCUT2D eigenvalue weighted by molar-refractivity contribution is 6.04. The first-order valence-corrected chi connectivity index (χ1v) is 7.90. The van der Waals surface area contributed by atoms with Crippen LogP contribution < -0.4 is 16.6 Å². The quantitative estimate of drug-likeness (QED) is 0.783. The van der Waals surface area contributed by atoms with Crippen molar-refractivity contribution in [1.82, 2.24) is 14.1 Å². The summed E-state index contributed by atoms with van der Waals surface area (Å²) in [5.41, 5.74) is 1.13. The number of carbonyl (C=O) groups excluding carboxylic acids is 1. The Bertz CT molecular complexity index is 1100. The van der Waals surface area contributed by atoms with Crippen LogP contribution >= 0.6 is 0 Å². The number of para-hydroxylation sites is 1. The first kappa shape index (κ1) is 16.6. The van der Waals surface area contributed by atoms with Gasteiger partial charge in [-0.05, 0) is 30.2 Å². The molecule has 3 rings (SSSR count). The molecule has 3 aromatic rings. The van der Waals surface area contributed by atoms with Gasteiger partial charge in [-0.3, -0.25) is 18.7 Å². The van der Waals surface area contributed by atoms with Crippen molar-refractivity contribution in [3.05, 3.63) is 68.5 Å². The molecule has 1 aromatic carbocycles. The van der Waals surface area contributed by atoms with Gasteiger partial charge in [0.05, 0.1) is 5.39 Å². The number of carbonyl (C=O) groups is 1. The Kier molecular flexibility index (Phi) is 4.22. The number of fused-ring (bicyclic) bond motifs is 1. The van der Waals surface area contributed by atoms with Crippen LogP contribution in [0.15, 0.2) is 46.0 Å². The van der Waals surface area contributed by atoms with E-state index in [1.807, 2.05) is 31.2 Å². The smallest absolute Gasteiger partial charge is 0.320 e. The fourth-order valence-corrected chi connectivity index (χ4v) is 2.72. The lowest BCUT2D eigenvalue weighted by molar-refractivity contribution is 0.102. The SMILES string of the molecule is CCc1ccccc1NC(=O)c1ccc2c(=O)n(C)c(=O)n(C)c2n1. The second kappa shape index (κ2) is 6.35. The summed E-state index contributed by atoms with van der Waals surface area (Å²) >= 11 is 0. The molecule has 2 heterocycles. The molecule has 2 aromatic heterocycles. The molecule has 7 nitrogen and oxygen atoms in total. The molecule has 0 saturated carbocycles. The highest BCUT2D eigenvalue weighted by Gasteiger charge is 2.14. The number of anilines is 1. The van der Waals surface area contributed by atoms with Gasteiger partial charge in [-0.15, -0.1) is 0 Å². The molecular formula is C18H18N4O3. The van der Waals surface area contributed by atoms with E-state index < -0.39 is 17.2 Å². The second-order valence-corrected chi connectivity index (χ2v) is 5.74. The van der Waals surface area contributed by atoms with E-state index in [0.29, 0.717) is 0 Å². The predicted octanol–water partition coefficient (Wildman–Crippen LogP) is 1.45. The lowest BCUT2D eigenvalue weighted by Gasteiger charge is -2.11. The van der Waals surface area contributed by atoms with Crippen LogP contribution in [0.1, 0.15) is 23.0 Å². The van der Waals surface area contributed by atoms with Crippen molar-refractivity contribution in [1.29, 1.82) is 0 Å². The Hall–Kier alpha value is -3.22. The van der Waals surface area contributed by atoms with Crippen LogP contribution in [0.25, 0.3) is 11.0 Å². The third kappa shape index (κ3) is 2.84. The van der Waals surface area contributed by atoms with E-state index in [1.54, 1.807) is 0 Å². The molecule has 0 fully saturated rings. The summed E-state index contributed by atoms with van der Waals surface area (Å²) in [5, 5.41) is 3.12. The van der Waals surface area contributed by atoms with Gasteiger partial charge >= 0.3 is 5.69 Å². The van der Waals surface area contributed by atoms with Crippen molar-refractivity contribution >= 4 is 22.6 Å². The predicted molar refractivity (Wildman–Crippen MR) is 96.0 cm³/mol. The molecule has 1 amide bonds. The van der Waals surface area contributed by atoms with Gasteiger partial charge in [-0.25, -0.2) is 9.78 Å². The van der Waals surface area contributed by atoms with Crippen molar-refractivity contribution < 1.29 is 4.79 Å². The summed E-state index contributed by atoms with van der Waals surface area (Å²) < 4.78 is 2.27. The Morgan fingerprint density at radius 1 is 1.08 bits per heavy atom. The summed E-state index contributed by atoms with van der Waals surface area (Å²) in [6, 6.07) is 10.5. The third-order valence-corrected chi connectivity index (χ3v) is 4.18. The number of pyridine rings is 1. The summed E-state index contributed by atoms with van der Waals surface area (Å²) in [6.07, 6.45) is 0.784. The molecule has 25 heavy (non-hydrogen) atoms. The van der Waals surface area contributed by atoms with E-state index in [-0.39, 0.29) is 16.7 Å². The average molecular weight is 338 g/mol. The van der Waals surface area contributed by atoms with Gasteiger partial charge < -0.3 is 5.32 Å². The molecule has 128 valence electrons. The van der Waals surface area contributed by atoms with Gasteiger partial charge in [-0.2, -0.15) is 0 Å².